The lowest BCUT2D eigenvalue weighted by molar-refractivity contribution is 0.348. The van der Waals surface area contributed by atoms with Crippen molar-refractivity contribution in [1.82, 2.24) is 5.16 Å². The molecule has 0 unspecified atom stereocenters. The van der Waals surface area contributed by atoms with E-state index in [2.05, 4.69) is 36.3 Å². The summed E-state index contributed by atoms with van der Waals surface area (Å²) in [6.45, 7) is 2.35. The molecule has 100 valence electrons. The zero-order valence-electron chi connectivity index (χ0n) is 11.3. The summed E-state index contributed by atoms with van der Waals surface area (Å²) in [7, 11) is 0. The molecule has 1 aliphatic carbocycles. The van der Waals surface area contributed by atoms with Gasteiger partial charge in [0.15, 0.2) is 0 Å². The second-order valence-corrected chi connectivity index (χ2v) is 5.69. The molecule has 0 bridgehead atoms. The molecule has 0 atom stereocenters. The van der Waals surface area contributed by atoms with Crippen molar-refractivity contribution < 1.29 is 4.52 Å². The summed E-state index contributed by atoms with van der Waals surface area (Å²) in [6.07, 6.45) is 6.96. The number of anilines is 1. The first-order valence-corrected chi connectivity index (χ1v) is 7.04. The third-order valence-corrected chi connectivity index (χ3v) is 4.28. The maximum absolute atomic E-state index is 5.79. The Bertz CT molecular complexity index is 553. The van der Waals surface area contributed by atoms with Gasteiger partial charge in [-0.15, -0.1) is 0 Å². The zero-order valence-corrected chi connectivity index (χ0v) is 11.3. The quantitative estimate of drug-likeness (QED) is 0.875. The van der Waals surface area contributed by atoms with E-state index in [9.17, 15) is 0 Å². The monoisotopic (exact) mass is 256 g/mol. The lowest BCUT2D eigenvalue weighted by Gasteiger charge is -2.26. The normalized spacial score (nSPS) is 23.4. The highest BCUT2D eigenvalue weighted by atomic mass is 16.5. The predicted octanol–water partition coefficient (Wildman–Crippen LogP) is 4.22. The molecular formula is C16H20N2O. The predicted molar refractivity (Wildman–Crippen MR) is 76.7 cm³/mol. The fraction of sp³-hybridized carbons (Fsp3) is 0.438. The summed E-state index contributed by atoms with van der Waals surface area (Å²) < 4.78 is 4.95. The number of nitrogens with zero attached hydrogens (tertiary/aromatic N) is 1. The topological polar surface area (TPSA) is 52.0 Å². The molecular weight excluding hydrogens is 236 g/mol. The number of rotatable bonds is 2. The first-order valence-electron chi connectivity index (χ1n) is 7.04. The van der Waals surface area contributed by atoms with Crippen LogP contribution in [0.15, 0.2) is 35.0 Å². The minimum Gasteiger partial charge on any atom is -0.367 e. The van der Waals surface area contributed by atoms with Crippen LogP contribution in [0, 0.1) is 5.92 Å². The summed E-state index contributed by atoms with van der Waals surface area (Å²) >= 11 is 0. The smallest absolute Gasteiger partial charge is 0.229 e. The number of nitrogens with two attached hydrogens (primary N) is 1. The summed E-state index contributed by atoms with van der Waals surface area (Å²) in [5, 5.41) is 3.75. The molecule has 2 aromatic rings. The van der Waals surface area contributed by atoms with E-state index in [4.69, 9.17) is 10.3 Å². The van der Waals surface area contributed by atoms with Crippen molar-refractivity contribution in [3.05, 3.63) is 36.0 Å². The van der Waals surface area contributed by atoms with Gasteiger partial charge in [-0.3, -0.25) is 0 Å². The number of aromatic nitrogens is 1. The van der Waals surface area contributed by atoms with Gasteiger partial charge < -0.3 is 10.3 Å². The first kappa shape index (κ1) is 12.3. The molecule has 1 aliphatic rings. The van der Waals surface area contributed by atoms with E-state index in [0.717, 1.165) is 17.0 Å². The molecule has 0 saturated heterocycles. The fourth-order valence-electron chi connectivity index (χ4n) is 3.02. The molecule has 1 aromatic carbocycles. The Labute approximate surface area is 113 Å². The molecule has 1 heterocycles. The van der Waals surface area contributed by atoms with Gasteiger partial charge in [-0.25, -0.2) is 0 Å². The molecule has 19 heavy (non-hydrogen) atoms. The Morgan fingerprint density at radius 3 is 2.68 bits per heavy atom. The van der Waals surface area contributed by atoms with Crippen LogP contribution in [-0.2, 0) is 0 Å². The van der Waals surface area contributed by atoms with Crippen LogP contribution in [0.4, 0.5) is 5.88 Å². The van der Waals surface area contributed by atoms with Crippen molar-refractivity contribution in [2.24, 2.45) is 5.92 Å². The minimum atomic E-state index is 0.398. The highest BCUT2D eigenvalue weighted by molar-refractivity contribution is 5.72. The molecule has 0 spiro atoms. The van der Waals surface area contributed by atoms with Crippen LogP contribution in [0.5, 0.6) is 0 Å². The van der Waals surface area contributed by atoms with Crippen LogP contribution in [0.1, 0.15) is 44.1 Å². The van der Waals surface area contributed by atoms with Crippen molar-refractivity contribution in [3.8, 4) is 11.1 Å². The minimum absolute atomic E-state index is 0.398. The third kappa shape index (κ3) is 2.50. The molecule has 1 fully saturated rings. The highest BCUT2D eigenvalue weighted by Gasteiger charge is 2.20. The van der Waals surface area contributed by atoms with Gasteiger partial charge in [-0.1, -0.05) is 49.2 Å². The van der Waals surface area contributed by atoms with Crippen molar-refractivity contribution >= 4 is 5.88 Å². The molecule has 1 aromatic heterocycles. The van der Waals surface area contributed by atoms with Gasteiger partial charge >= 0.3 is 0 Å². The van der Waals surface area contributed by atoms with Crippen LogP contribution in [-0.4, -0.2) is 5.16 Å². The molecule has 0 aliphatic heterocycles. The van der Waals surface area contributed by atoms with E-state index in [1.54, 1.807) is 6.20 Å². The van der Waals surface area contributed by atoms with Crippen LogP contribution in [0.25, 0.3) is 11.1 Å². The Balaban J connectivity index is 1.86. The Morgan fingerprint density at radius 2 is 2.00 bits per heavy atom. The van der Waals surface area contributed by atoms with Crippen LogP contribution < -0.4 is 5.73 Å². The third-order valence-electron chi connectivity index (χ3n) is 4.28. The first-order chi connectivity index (χ1) is 9.24. The largest absolute Gasteiger partial charge is 0.367 e. The molecule has 3 nitrogen and oxygen atoms in total. The highest BCUT2D eigenvalue weighted by Crippen LogP contribution is 2.37. The standard InChI is InChI=1S/C16H20N2O/c1-11-5-7-12(8-6-11)13-3-2-4-14(9-13)15-10-18-19-16(15)17/h2-4,9-12H,5-8,17H2,1H3. The van der Waals surface area contributed by atoms with Gasteiger partial charge in [-0.05, 0) is 35.8 Å². The van der Waals surface area contributed by atoms with Gasteiger partial charge in [-0.2, -0.15) is 0 Å². The molecule has 0 amide bonds. The molecule has 3 heteroatoms. The van der Waals surface area contributed by atoms with Crippen LogP contribution >= 0.6 is 0 Å². The number of hydrogen-bond acceptors (Lipinski definition) is 3. The maximum Gasteiger partial charge on any atom is 0.229 e. The Hall–Kier alpha value is -1.77. The zero-order chi connectivity index (χ0) is 13.2. The van der Waals surface area contributed by atoms with Gasteiger partial charge in [0, 0.05) is 0 Å². The summed E-state index contributed by atoms with van der Waals surface area (Å²) in [5.74, 6) is 1.97. The van der Waals surface area contributed by atoms with Gasteiger partial charge in [0.2, 0.25) is 5.88 Å². The van der Waals surface area contributed by atoms with Gasteiger partial charge in [0.1, 0.15) is 0 Å². The summed E-state index contributed by atoms with van der Waals surface area (Å²) in [6, 6.07) is 8.64. The molecule has 2 N–H and O–H groups in total. The number of hydrogen-bond donors (Lipinski definition) is 1. The summed E-state index contributed by atoms with van der Waals surface area (Å²) in [5.41, 5.74) is 9.21. The SMILES string of the molecule is CC1CCC(c2cccc(-c3cnoc3N)c2)CC1. The average molecular weight is 256 g/mol. The molecule has 3 rings (SSSR count). The van der Waals surface area contributed by atoms with Crippen LogP contribution in [0.3, 0.4) is 0 Å². The molecule has 1 saturated carbocycles. The van der Waals surface area contributed by atoms with Crippen molar-refractivity contribution in [1.29, 1.82) is 0 Å². The van der Waals surface area contributed by atoms with Crippen molar-refractivity contribution in [2.75, 3.05) is 5.73 Å². The lowest BCUT2D eigenvalue weighted by Crippen LogP contribution is -2.10. The van der Waals surface area contributed by atoms with E-state index in [-0.39, 0.29) is 0 Å². The van der Waals surface area contributed by atoms with Gasteiger partial charge in [0.05, 0.1) is 11.8 Å². The summed E-state index contributed by atoms with van der Waals surface area (Å²) in [4.78, 5) is 0. The Morgan fingerprint density at radius 1 is 1.21 bits per heavy atom. The fourth-order valence-corrected chi connectivity index (χ4v) is 3.02. The van der Waals surface area contributed by atoms with E-state index >= 15 is 0 Å². The number of benzene rings is 1. The lowest BCUT2D eigenvalue weighted by atomic mass is 9.79. The van der Waals surface area contributed by atoms with E-state index in [1.165, 1.54) is 31.2 Å². The van der Waals surface area contributed by atoms with Gasteiger partial charge in [0.25, 0.3) is 0 Å². The van der Waals surface area contributed by atoms with E-state index in [0.29, 0.717) is 11.8 Å². The number of nitrogen functional groups attached to an aromatic ring is 1. The van der Waals surface area contributed by atoms with Crippen LogP contribution in [0.2, 0.25) is 0 Å². The van der Waals surface area contributed by atoms with Crippen molar-refractivity contribution in [3.63, 3.8) is 0 Å². The average Bonchev–Trinajstić information content (AvgIpc) is 2.86. The second kappa shape index (κ2) is 5.08. The Kier molecular flexibility index (Phi) is 3.28. The van der Waals surface area contributed by atoms with E-state index < -0.39 is 0 Å². The maximum atomic E-state index is 5.79. The molecule has 0 radical (unpaired) electrons. The second-order valence-electron chi connectivity index (χ2n) is 5.69. The van der Waals surface area contributed by atoms with E-state index in [1.807, 2.05) is 0 Å². The van der Waals surface area contributed by atoms with Crippen molar-refractivity contribution in [2.45, 2.75) is 38.5 Å².